The van der Waals surface area contributed by atoms with Gasteiger partial charge in [0.1, 0.15) is 0 Å². The highest BCUT2D eigenvalue weighted by molar-refractivity contribution is 7.16. The number of carbonyl (C=O) groups is 2. The molecule has 7 heteroatoms. The predicted octanol–water partition coefficient (Wildman–Crippen LogP) is 17.6. The maximum absolute atomic E-state index is 13.4. The van der Waals surface area contributed by atoms with Crippen molar-refractivity contribution >= 4 is 57.8 Å². The third kappa shape index (κ3) is 8.76. The molecule has 2 heterocycles. The number of benzene rings is 6. The van der Waals surface area contributed by atoms with Crippen LogP contribution in [-0.4, -0.2) is 22.7 Å². The second-order valence-electron chi connectivity index (χ2n) is 19.9. The molecule has 0 spiro atoms. The van der Waals surface area contributed by atoms with Gasteiger partial charge in [0.2, 0.25) is 0 Å². The third-order valence-electron chi connectivity index (χ3n) is 15.5. The molecule has 1 aliphatic heterocycles. The second-order valence-corrected chi connectivity index (χ2v) is 21.0. The molecule has 2 aliphatic carbocycles. The number of rotatable bonds is 20. The van der Waals surface area contributed by atoms with Crippen molar-refractivity contribution in [1.82, 2.24) is 0 Å². The number of unbranched alkanes of at least 4 members (excludes halogenated alkanes) is 4. The Morgan fingerprint density at radius 2 is 1.07 bits per heavy atom. The van der Waals surface area contributed by atoms with Crippen LogP contribution in [0.4, 0.5) is 22.7 Å². The lowest BCUT2D eigenvalue weighted by molar-refractivity contribution is -0.129. The van der Waals surface area contributed by atoms with Crippen molar-refractivity contribution in [2.45, 2.75) is 116 Å². The van der Waals surface area contributed by atoms with E-state index in [-0.39, 0.29) is 22.1 Å². The minimum Gasteiger partial charge on any atom is -0.476 e. The fourth-order valence-corrected chi connectivity index (χ4v) is 12.9. The van der Waals surface area contributed by atoms with Crippen LogP contribution >= 0.6 is 11.3 Å². The number of carboxylic acids is 1. The molecule has 364 valence electrons. The zero-order valence-corrected chi connectivity index (χ0v) is 43.0. The molecule has 1 amide bonds. The van der Waals surface area contributed by atoms with Gasteiger partial charge in [-0.1, -0.05) is 176 Å². The Morgan fingerprint density at radius 1 is 0.583 bits per heavy atom. The number of para-hydroxylation sites is 1. The molecule has 6 aromatic carbocycles. The van der Waals surface area contributed by atoms with Gasteiger partial charge in [-0.3, -0.25) is 4.79 Å². The number of hydrazone groups is 1. The van der Waals surface area contributed by atoms with Crippen molar-refractivity contribution in [2.75, 3.05) is 9.91 Å². The first-order chi connectivity index (χ1) is 35.2. The summed E-state index contributed by atoms with van der Waals surface area (Å²) in [5.74, 6) is -1.72. The molecule has 10 rings (SSSR count). The van der Waals surface area contributed by atoms with E-state index in [1.54, 1.807) is 47.8 Å². The van der Waals surface area contributed by atoms with Gasteiger partial charge < -0.3 is 10.0 Å². The minimum atomic E-state index is -1.25. The fourth-order valence-electron chi connectivity index (χ4n) is 11.9. The molecule has 0 atom stereocenters. The van der Waals surface area contributed by atoms with Gasteiger partial charge in [0.05, 0.1) is 11.3 Å². The summed E-state index contributed by atoms with van der Waals surface area (Å²) in [4.78, 5) is 30.1. The van der Waals surface area contributed by atoms with Crippen LogP contribution in [0, 0.1) is 0 Å². The van der Waals surface area contributed by atoms with Crippen molar-refractivity contribution in [3.63, 3.8) is 0 Å². The lowest BCUT2D eigenvalue weighted by Gasteiger charge is -2.35. The van der Waals surface area contributed by atoms with Gasteiger partial charge in [-0.15, -0.1) is 11.3 Å². The highest BCUT2D eigenvalue weighted by atomic mass is 32.1. The van der Waals surface area contributed by atoms with Crippen LogP contribution < -0.4 is 9.91 Å². The number of allylic oxidation sites excluding steroid dienone is 2. The Morgan fingerprint density at radius 3 is 1.58 bits per heavy atom. The van der Waals surface area contributed by atoms with E-state index in [2.05, 4.69) is 159 Å². The van der Waals surface area contributed by atoms with Crippen LogP contribution in [0.15, 0.2) is 174 Å². The van der Waals surface area contributed by atoms with Gasteiger partial charge in [-0.25, -0.2) is 4.79 Å². The van der Waals surface area contributed by atoms with Gasteiger partial charge in [0.25, 0.3) is 5.91 Å². The van der Waals surface area contributed by atoms with Gasteiger partial charge >= 0.3 is 5.97 Å². The number of carboxylic acid groups (broad SMARTS) is 1. The van der Waals surface area contributed by atoms with Gasteiger partial charge in [0.15, 0.2) is 5.71 Å². The number of carbonyl (C=O) groups excluding carboxylic acids is 1. The summed E-state index contributed by atoms with van der Waals surface area (Å²) in [6.45, 7) is 9.29. The molecule has 0 saturated carbocycles. The standard InChI is InChI=1S/C65H65N3O3S/c1-5-9-39-64(40-10-6-2)56-27-18-16-24-51(56)53-36-33-48(43-58(53)64)67(49-34-37-54-52-25-17-19-28-57(52)65(41-11-7-3,42-12-8-4)59(54)44-49)46-31-29-45(30-32-46)60-38-35-50(72-60)23-20-26-55-61(63(70)71)66-68(62(55)69)47-21-14-13-15-22-47/h13-38,43-44H,5-12,39-42H2,1-4H3,(H,70,71). The van der Waals surface area contributed by atoms with Crippen molar-refractivity contribution in [1.29, 1.82) is 0 Å². The maximum Gasteiger partial charge on any atom is 0.357 e. The fraction of sp³-hybridized carbons (Fsp3) is 0.277. The molecule has 0 unspecified atom stereocenters. The smallest absolute Gasteiger partial charge is 0.357 e. The molecule has 6 nitrogen and oxygen atoms in total. The highest BCUT2D eigenvalue weighted by Gasteiger charge is 2.44. The number of aliphatic carboxylic acids is 1. The van der Waals surface area contributed by atoms with E-state index in [1.807, 2.05) is 12.1 Å². The van der Waals surface area contributed by atoms with Crippen LogP contribution in [0.2, 0.25) is 0 Å². The minimum absolute atomic E-state index is 0.0401. The van der Waals surface area contributed by atoms with E-state index in [1.165, 1.54) is 81.6 Å². The summed E-state index contributed by atoms with van der Waals surface area (Å²) in [6.07, 6.45) is 19.1. The number of fused-ring (bicyclic) bond motifs is 6. The molecule has 0 fully saturated rings. The Kier molecular flexibility index (Phi) is 14.1. The Hall–Kier alpha value is -7.09. The van der Waals surface area contributed by atoms with Crippen molar-refractivity contribution in [3.8, 4) is 32.7 Å². The Labute approximate surface area is 430 Å². The van der Waals surface area contributed by atoms with E-state index in [9.17, 15) is 14.7 Å². The summed E-state index contributed by atoms with van der Waals surface area (Å²) in [5.41, 5.74) is 16.2. The lowest BCUT2D eigenvalue weighted by Crippen LogP contribution is -2.26. The first kappa shape index (κ1) is 48.5. The third-order valence-corrected chi connectivity index (χ3v) is 16.6. The summed E-state index contributed by atoms with van der Waals surface area (Å²) in [7, 11) is 0. The molecule has 7 aromatic rings. The number of thiophene rings is 1. The number of nitrogens with zero attached hydrogens (tertiary/aromatic N) is 3. The molecule has 72 heavy (non-hydrogen) atoms. The molecule has 3 aliphatic rings. The highest BCUT2D eigenvalue weighted by Crippen LogP contribution is 2.58. The number of hydrogen-bond donors (Lipinski definition) is 1. The zero-order chi connectivity index (χ0) is 49.8. The average molecular weight is 968 g/mol. The second kappa shape index (κ2) is 20.9. The molecule has 0 bridgehead atoms. The lowest BCUT2D eigenvalue weighted by atomic mass is 9.70. The molecule has 1 N–H and O–H groups in total. The van der Waals surface area contributed by atoms with Crippen LogP contribution in [0.25, 0.3) is 38.8 Å². The summed E-state index contributed by atoms with van der Waals surface area (Å²) in [6, 6.07) is 55.1. The summed E-state index contributed by atoms with van der Waals surface area (Å²) in [5, 5.41) is 15.2. The zero-order valence-electron chi connectivity index (χ0n) is 42.2. The summed E-state index contributed by atoms with van der Waals surface area (Å²) < 4.78 is 0. The van der Waals surface area contributed by atoms with E-state index >= 15 is 0 Å². The number of amides is 1. The first-order valence-electron chi connectivity index (χ1n) is 26.3. The first-order valence-corrected chi connectivity index (χ1v) is 27.2. The molecular formula is C65H65N3O3S. The van der Waals surface area contributed by atoms with E-state index in [0.717, 1.165) is 77.4 Å². The predicted molar refractivity (Wildman–Crippen MR) is 301 cm³/mol. The summed E-state index contributed by atoms with van der Waals surface area (Å²) >= 11 is 1.65. The van der Waals surface area contributed by atoms with Crippen molar-refractivity contribution < 1.29 is 14.7 Å². The monoisotopic (exact) mass is 967 g/mol. The van der Waals surface area contributed by atoms with Crippen molar-refractivity contribution in [3.05, 3.63) is 197 Å². The van der Waals surface area contributed by atoms with Gasteiger partial charge in [-0.05, 0) is 149 Å². The Bertz CT molecular complexity index is 3080. The van der Waals surface area contributed by atoms with Crippen LogP contribution in [-0.2, 0) is 20.4 Å². The van der Waals surface area contributed by atoms with E-state index in [4.69, 9.17) is 0 Å². The maximum atomic E-state index is 13.4. The molecule has 0 radical (unpaired) electrons. The largest absolute Gasteiger partial charge is 0.476 e. The number of hydrogen-bond acceptors (Lipinski definition) is 5. The van der Waals surface area contributed by atoms with Gasteiger partial charge in [0, 0.05) is 37.6 Å². The SMILES string of the molecule is CCCCC1(CCCC)c2ccccc2-c2ccc(N(c3ccc(-c4ccc(C=CC=C5C(=O)N(c6ccccc6)N=C5C(=O)O)s4)cc3)c3ccc4c(c3)C(CCCC)(CCCC)c3ccccc3-4)cc21. The van der Waals surface area contributed by atoms with Crippen LogP contribution in [0.1, 0.15) is 132 Å². The quantitative estimate of drug-likeness (QED) is 0.0773. The topological polar surface area (TPSA) is 73.2 Å². The molecule has 0 saturated heterocycles. The van der Waals surface area contributed by atoms with Crippen LogP contribution in [0.5, 0.6) is 0 Å². The number of anilines is 4. The van der Waals surface area contributed by atoms with E-state index < -0.39 is 11.9 Å². The molecule has 1 aromatic heterocycles. The van der Waals surface area contributed by atoms with Crippen LogP contribution in [0.3, 0.4) is 0 Å². The van der Waals surface area contributed by atoms with Crippen molar-refractivity contribution in [2.24, 2.45) is 5.10 Å². The Balaban J connectivity index is 1.04. The van der Waals surface area contributed by atoms with Gasteiger partial charge in [-0.2, -0.15) is 10.1 Å². The molecular weight excluding hydrogens is 903 g/mol. The normalized spacial score (nSPS) is 15.4. The average Bonchev–Trinajstić information content (AvgIpc) is 4.16. The van der Waals surface area contributed by atoms with E-state index in [0.29, 0.717) is 5.69 Å².